The number of likely N-dealkylation sites (tertiary alicyclic amines) is 1. The minimum Gasteiger partial charge on any atom is -0.377 e. The first-order chi connectivity index (χ1) is 10.8. The Hall–Kier alpha value is -0.0700. The van der Waals surface area contributed by atoms with E-state index in [1.807, 2.05) is 4.90 Å². The number of carbonyl (C=O) groups is 1. The van der Waals surface area contributed by atoms with Gasteiger partial charge in [0, 0.05) is 37.6 Å². The minimum absolute atomic E-state index is 0. The van der Waals surface area contributed by atoms with Crippen LogP contribution in [0.5, 0.6) is 0 Å². The van der Waals surface area contributed by atoms with Gasteiger partial charge in [-0.3, -0.25) is 4.79 Å². The van der Waals surface area contributed by atoms with Crippen molar-refractivity contribution in [1.29, 1.82) is 0 Å². The van der Waals surface area contributed by atoms with E-state index in [4.69, 9.17) is 10.5 Å². The first-order valence-corrected chi connectivity index (χ1v) is 9.13. The van der Waals surface area contributed by atoms with Crippen LogP contribution in [0.4, 0.5) is 0 Å². The lowest BCUT2D eigenvalue weighted by atomic mass is 9.46. The third-order valence-corrected chi connectivity index (χ3v) is 6.56. The summed E-state index contributed by atoms with van der Waals surface area (Å²) in [6.45, 7) is 7.84. The molecule has 3 rings (SSSR count). The van der Waals surface area contributed by atoms with Crippen LogP contribution in [0.3, 0.4) is 0 Å². The lowest BCUT2D eigenvalue weighted by molar-refractivity contribution is -0.230. The molecular weight excluding hydrogens is 361 g/mol. The molecule has 2 N–H and O–H groups in total. The summed E-state index contributed by atoms with van der Waals surface area (Å²) in [6, 6.07) is 0. The predicted octanol–water partition coefficient (Wildman–Crippen LogP) is 2.16. The van der Waals surface area contributed by atoms with Crippen molar-refractivity contribution >= 4 is 30.7 Å². The highest BCUT2D eigenvalue weighted by Gasteiger charge is 2.70. The number of amides is 1. The lowest BCUT2D eigenvalue weighted by Gasteiger charge is -2.66. The van der Waals surface area contributed by atoms with Crippen LogP contribution in [0, 0.1) is 17.3 Å². The monoisotopic (exact) mass is 395 g/mol. The average Bonchev–Trinajstić information content (AvgIpc) is 2.53. The van der Waals surface area contributed by atoms with Gasteiger partial charge in [-0.25, -0.2) is 0 Å². The molecule has 0 aromatic carbocycles. The number of fused-ring (bicyclic) bond motifs is 1. The van der Waals surface area contributed by atoms with Crippen LogP contribution in [0.1, 0.15) is 39.5 Å². The molecule has 3 fully saturated rings. The summed E-state index contributed by atoms with van der Waals surface area (Å²) in [5, 5.41) is 0. The molecule has 148 valence electrons. The van der Waals surface area contributed by atoms with Crippen LogP contribution < -0.4 is 5.73 Å². The van der Waals surface area contributed by atoms with Gasteiger partial charge < -0.3 is 20.3 Å². The maximum atomic E-state index is 13.2. The first kappa shape index (κ1) is 23.0. The zero-order valence-electron chi connectivity index (χ0n) is 16.0. The summed E-state index contributed by atoms with van der Waals surface area (Å²) in [7, 11) is 4.24. The fourth-order valence-corrected chi connectivity index (χ4v) is 5.11. The molecule has 3 unspecified atom stereocenters. The summed E-state index contributed by atoms with van der Waals surface area (Å²) in [6.07, 6.45) is 4.37. The third kappa shape index (κ3) is 3.68. The predicted molar refractivity (Wildman–Crippen MR) is 106 cm³/mol. The van der Waals surface area contributed by atoms with Crippen LogP contribution in [0.25, 0.3) is 0 Å². The Bertz CT molecular complexity index is 467. The molecule has 0 aromatic heterocycles. The Morgan fingerprint density at radius 1 is 1.20 bits per heavy atom. The van der Waals surface area contributed by atoms with Crippen molar-refractivity contribution in [3.8, 4) is 0 Å². The highest BCUT2D eigenvalue weighted by molar-refractivity contribution is 5.89. The van der Waals surface area contributed by atoms with Crippen molar-refractivity contribution < 1.29 is 9.53 Å². The van der Waals surface area contributed by atoms with Crippen LogP contribution in [0.2, 0.25) is 0 Å². The smallest absolute Gasteiger partial charge is 0.243 e. The molecule has 3 atom stereocenters. The molecule has 0 bridgehead atoms. The molecule has 1 aliphatic carbocycles. The van der Waals surface area contributed by atoms with E-state index in [2.05, 4.69) is 32.8 Å². The fourth-order valence-electron chi connectivity index (χ4n) is 5.11. The van der Waals surface area contributed by atoms with E-state index in [1.165, 1.54) is 0 Å². The van der Waals surface area contributed by atoms with E-state index in [0.717, 1.165) is 51.9 Å². The fraction of sp³-hybridized carbons (Fsp3) is 0.944. The quantitative estimate of drug-likeness (QED) is 0.795. The van der Waals surface area contributed by atoms with Gasteiger partial charge in [-0.1, -0.05) is 13.8 Å². The molecule has 2 aliphatic heterocycles. The van der Waals surface area contributed by atoms with Crippen molar-refractivity contribution in [2.75, 3.05) is 40.3 Å². The topological polar surface area (TPSA) is 58.8 Å². The largest absolute Gasteiger partial charge is 0.377 e. The average molecular weight is 396 g/mol. The Morgan fingerprint density at radius 2 is 1.80 bits per heavy atom. The summed E-state index contributed by atoms with van der Waals surface area (Å²) in [5.41, 5.74) is 5.73. The number of hydrogen-bond acceptors (Lipinski definition) is 4. The molecule has 2 saturated heterocycles. The van der Waals surface area contributed by atoms with Gasteiger partial charge in [-0.2, -0.15) is 0 Å². The van der Waals surface area contributed by atoms with Gasteiger partial charge in [0.05, 0.1) is 6.10 Å². The van der Waals surface area contributed by atoms with Gasteiger partial charge in [0.2, 0.25) is 5.91 Å². The number of ether oxygens (including phenoxy) is 1. The van der Waals surface area contributed by atoms with Gasteiger partial charge in [-0.05, 0) is 45.7 Å². The first-order valence-electron chi connectivity index (χ1n) is 9.13. The highest BCUT2D eigenvalue weighted by atomic mass is 35.5. The highest BCUT2D eigenvalue weighted by Crippen LogP contribution is 2.58. The molecule has 1 amide bonds. The summed E-state index contributed by atoms with van der Waals surface area (Å²) in [4.78, 5) is 17.5. The molecule has 2 heterocycles. The van der Waals surface area contributed by atoms with Crippen molar-refractivity contribution in [2.24, 2.45) is 23.0 Å². The molecule has 5 nitrogen and oxygen atoms in total. The third-order valence-electron chi connectivity index (χ3n) is 6.56. The number of nitrogens with two attached hydrogens (primary N) is 1. The SMILES string of the molecule is CN(C)CC1CCN(C(=O)C2(N)C3CCCOC3C2(C)C)CC1.Cl.Cl. The molecular formula is C18H35Cl2N3O2. The van der Waals surface area contributed by atoms with Crippen LogP contribution in [-0.2, 0) is 9.53 Å². The summed E-state index contributed by atoms with van der Waals surface area (Å²) >= 11 is 0. The van der Waals surface area contributed by atoms with Crippen molar-refractivity contribution in [3.05, 3.63) is 0 Å². The number of rotatable bonds is 3. The number of hydrogen-bond donors (Lipinski definition) is 1. The Balaban J connectivity index is 0.00000156. The zero-order valence-corrected chi connectivity index (χ0v) is 17.6. The minimum atomic E-state index is -0.744. The number of piperidine rings is 1. The zero-order chi connectivity index (χ0) is 16.8. The van der Waals surface area contributed by atoms with Gasteiger partial charge in [0.1, 0.15) is 5.54 Å². The van der Waals surface area contributed by atoms with Crippen molar-refractivity contribution in [2.45, 2.75) is 51.2 Å². The van der Waals surface area contributed by atoms with E-state index in [-0.39, 0.29) is 48.2 Å². The Morgan fingerprint density at radius 3 is 2.36 bits per heavy atom. The Labute approximate surface area is 164 Å². The molecule has 0 radical (unpaired) electrons. The molecule has 0 aromatic rings. The maximum Gasteiger partial charge on any atom is 0.243 e. The van der Waals surface area contributed by atoms with E-state index in [1.54, 1.807) is 0 Å². The number of halogens is 2. The number of nitrogens with zero attached hydrogens (tertiary/aromatic N) is 2. The molecule has 3 aliphatic rings. The van der Waals surface area contributed by atoms with Gasteiger partial charge in [-0.15, -0.1) is 24.8 Å². The lowest BCUT2D eigenvalue weighted by Crippen LogP contribution is -2.82. The second-order valence-corrected chi connectivity index (χ2v) is 8.63. The molecule has 0 spiro atoms. The molecule has 1 saturated carbocycles. The van der Waals surface area contributed by atoms with Crippen molar-refractivity contribution in [3.63, 3.8) is 0 Å². The normalized spacial score (nSPS) is 34.4. The Kier molecular flexibility index (Phi) is 7.63. The van der Waals surface area contributed by atoms with Crippen LogP contribution in [0.15, 0.2) is 0 Å². The van der Waals surface area contributed by atoms with E-state index >= 15 is 0 Å². The second-order valence-electron chi connectivity index (χ2n) is 8.63. The van der Waals surface area contributed by atoms with Crippen LogP contribution >= 0.6 is 24.8 Å². The number of carbonyl (C=O) groups excluding carboxylic acids is 1. The standard InChI is InChI=1S/C18H33N3O2.2ClH/c1-17(2)15-14(6-5-11-23-15)18(17,19)16(22)21-9-7-13(8-10-21)12-20(3)4;;/h13-15H,5-12,19H2,1-4H3;2*1H. The second kappa shape index (κ2) is 8.30. The van der Waals surface area contributed by atoms with E-state index in [0.29, 0.717) is 5.92 Å². The van der Waals surface area contributed by atoms with Crippen LogP contribution in [-0.4, -0.2) is 67.7 Å². The van der Waals surface area contributed by atoms with Gasteiger partial charge in [0.25, 0.3) is 0 Å². The van der Waals surface area contributed by atoms with E-state index < -0.39 is 5.54 Å². The molecule has 25 heavy (non-hydrogen) atoms. The summed E-state index contributed by atoms with van der Waals surface area (Å²) < 4.78 is 5.93. The molecule has 7 heteroatoms. The van der Waals surface area contributed by atoms with Gasteiger partial charge in [0.15, 0.2) is 0 Å². The van der Waals surface area contributed by atoms with Gasteiger partial charge >= 0.3 is 0 Å². The van der Waals surface area contributed by atoms with E-state index in [9.17, 15) is 4.79 Å². The summed E-state index contributed by atoms with van der Waals surface area (Å²) in [5.74, 6) is 1.05. The maximum absolute atomic E-state index is 13.2. The van der Waals surface area contributed by atoms with Crippen molar-refractivity contribution in [1.82, 2.24) is 9.80 Å².